The summed E-state index contributed by atoms with van der Waals surface area (Å²) in [7, 11) is 2.05. The van der Waals surface area contributed by atoms with Crippen molar-refractivity contribution in [1.29, 1.82) is 0 Å². The lowest BCUT2D eigenvalue weighted by Gasteiger charge is -2.41. The van der Waals surface area contributed by atoms with E-state index in [1.165, 1.54) is 0 Å². The second kappa shape index (κ2) is 7.61. The normalized spacial score (nSPS) is 19.6. The molecule has 2 fully saturated rings. The first-order valence-corrected chi connectivity index (χ1v) is 9.33. The van der Waals surface area contributed by atoms with E-state index in [4.69, 9.17) is 0 Å². The molecular formula is C19H29N5O2. The number of anilines is 1. The number of pyridine rings is 1. The zero-order chi connectivity index (χ0) is 18.7. The van der Waals surface area contributed by atoms with Crippen LogP contribution in [-0.2, 0) is 9.59 Å². The molecule has 2 aliphatic heterocycles. The molecule has 0 atom stereocenters. The summed E-state index contributed by atoms with van der Waals surface area (Å²) in [5.74, 6) is 0.817. The van der Waals surface area contributed by atoms with E-state index in [1.54, 1.807) is 20.0 Å². The average Bonchev–Trinajstić information content (AvgIpc) is 2.68. The van der Waals surface area contributed by atoms with Gasteiger partial charge in [-0.05, 0) is 33.0 Å². The highest BCUT2D eigenvalue weighted by atomic mass is 16.2. The van der Waals surface area contributed by atoms with Crippen LogP contribution in [0.3, 0.4) is 0 Å². The molecule has 0 spiro atoms. The molecule has 2 saturated heterocycles. The Balaban J connectivity index is 1.59. The minimum absolute atomic E-state index is 0.0530. The summed E-state index contributed by atoms with van der Waals surface area (Å²) >= 11 is 0. The van der Waals surface area contributed by atoms with Gasteiger partial charge in [-0.15, -0.1) is 0 Å². The Bertz CT molecular complexity index is 633. The first-order chi connectivity index (χ1) is 12.4. The van der Waals surface area contributed by atoms with Crippen LogP contribution in [0.2, 0.25) is 0 Å². The van der Waals surface area contributed by atoms with Gasteiger partial charge in [0.15, 0.2) is 0 Å². The summed E-state index contributed by atoms with van der Waals surface area (Å²) in [5, 5.41) is 0. The first kappa shape index (κ1) is 18.6. The number of rotatable bonds is 3. The maximum absolute atomic E-state index is 13.0. The van der Waals surface area contributed by atoms with Crippen molar-refractivity contribution in [3.63, 3.8) is 0 Å². The third kappa shape index (κ3) is 3.82. The third-order valence-corrected chi connectivity index (χ3v) is 5.40. The minimum atomic E-state index is -1.01. The van der Waals surface area contributed by atoms with Gasteiger partial charge in [0.2, 0.25) is 11.8 Å². The number of nitrogens with zero attached hydrogens (tertiary/aromatic N) is 5. The van der Waals surface area contributed by atoms with Crippen molar-refractivity contribution in [2.45, 2.75) is 13.8 Å². The topological polar surface area (TPSA) is 60.0 Å². The monoisotopic (exact) mass is 359 g/mol. The fourth-order valence-electron chi connectivity index (χ4n) is 3.57. The minimum Gasteiger partial charge on any atom is -0.353 e. The van der Waals surface area contributed by atoms with Crippen LogP contribution in [-0.4, -0.2) is 90.9 Å². The molecule has 0 aromatic carbocycles. The van der Waals surface area contributed by atoms with E-state index < -0.39 is 5.41 Å². The second-order valence-electron chi connectivity index (χ2n) is 7.69. The molecule has 3 heterocycles. The molecule has 2 aliphatic rings. The summed E-state index contributed by atoms with van der Waals surface area (Å²) in [5.41, 5.74) is -1.01. The molecule has 0 aliphatic carbocycles. The van der Waals surface area contributed by atoms with Crippen LogP contribution in [0.5, 0.6) is 0 Å². The Morgan fingerprint density at radius 2 is 1.42 bits per heavy atom. The first-order valence-electron chi connectivity index (χ1n) is 9.33. The van der Waals surface area contributed by atoms with E-state index in [-0.39, 0.29) is 11.8 Å². The zero-order valence-electron chi connectivity index (χ0n) is 16.0. The maximum Gasteiger partial charge on any atom is 0.237 e. The van der Waals surface area contributed by atoms with Gasteiger partial charge in [0.05, 0.1) is 0 Å². The van der Waals surface area contributed by atoms with Crippen molar-refractivity contribution in [3.05, 3.63) is 24.4 Å². The summed E-state index contributed by atoms with van der Waals surface area (Å²) in [6, 6.07) is 5.85. The van der Waals surface area contributed by atoms with Gasteiger partial charge < -0.3 is 19.6 Å². The van der Waals surface area contributed by atoms with Crippen molar-refractivity contribution < 1.29 is 9.59 Å². The molecule has 3 rings (SSSR count). The summed E-state index contributed by atoms with van der Waals surface area (Å²) in [6.07, 6.45) is 1.78. The number of carbonyl (C=O) groups is 2. The van der Waals surface area contributed by atoms with Gasteiger partial charge in [0.25, 0.3) is 0 Å². The van der Waals surface area contributed by atoms with Crippen LogP contribution in [0.1, 0.15) is 13.8 Å². The Hall–Kier alpha value is -2.15. The molecule has 1 aromatic heterocycles. The molecule has 7 heteroatoms. The van der Waals surface area contributed by atoms with E-state index in [0.717, 1.165) is 32.0 Å². The molecule has 0 bridgehead atoms. The highest BCUT2D eigenvalue weighted by molar-refractivity contribution is 6.04. The molecule has 0 saturated carbocycles. The van der Waals surface area contributed by atoms with E-state index in [9.17, 15) is 9.59 Å². The van der Waals surface area contributed by atoms with Gasteiger partial charge in [0, 0.05) is 58.6 Å². The smallest absolute Gasteiger partial charge is 0.237 e. The molecule has 0 radical (unpaired) electrons. The Morgan fingerprint density at radius 1 is 0.885 bits per heavy atom. The molecule has 2 amide bonds. The fourth-order valence-corrected chi connectivity index (χ4v) is 3.57. The molecule has 7 nitrogen and oxygen atoms in total. The van der Waals surface area contributed by atoms with Crippen LogP contribution in [0, 0.1) is 5.41 Å². The Kier molecular flexibility index (Phi) is 5.46. The van der Waals surface area contributed by atoms with Gasteiger partial charge in [0.1, 0.15) is 11.2 Å². The molecule has 1 aromatic rings. The van der Waals surface area contributed by atoms with Crippen molar-refractivity contribution in [2.75, 3.05) is 64.3 Å². The van der Waals surface area contributed by atoms with E-state index in [2.05, 4.69) is 21.8 Å². The summed E-state index contributed by atoms with van der Waals surface area (Å²) in [6.45, 7) is 9.35. The molecule has 0 unspecified atom stereocenters. The number of aromatic nitrogens is 1. The van der Waals surface area contributed by atoms with Crippen LogP contribution >= 0.6 is 0 Å². The predicted molar refractivity (Wildman–Crippen MR) is 101 cm³/mol. The van der Waals surface area contributed by atoms with Crippen LogP contribution in [0.15, 0.2) is 24.4 Å². The van der Waals surface area contributed by atoms with Gasteiger partial charge in [-0.3, -0.25) is 9.59 Å². The van der Waals surface area contributed by atoms with Crippen molar-refractivity contribution in [2.24, 2.45) is 5.41 Å². The molecular weight excluding hydrogens is 330 g/mol. The summed E-state index contributed by atoms with van der Waals surface area (Å²) < 4.78 is 0. The van der Waals surface area contributed by atoms with Crippen LogP contribution in [0.4, 0.5) is 5.82 Å². The second-order valence-corrected chi connectivity index (χ2v) is 7.69. The highest BCUT2D eigenvalue weighted by Crippen LogP contribution is 2.24. The van der Waals surface area contributed by atoms with Gasteiger partial charge in [-0.2, -0.15) is 0 Å². The maximum atomic E-state index is 13.0. The van der Waals surface area contributed by atoms with Crippen molar-refractivity contribution >= 4 is 17.6 Å². The van der Waals surface area contributed by atoms with Gasteiger partial charge >= 0.3 is 0 Å². The Labute approximate surface area is 155 Å². The quantitative estimate of drug-likeness (QED) is 0.737. The fraction of sp³-hybridized carbons (Fsp3) is 0.632. The zero-order valence-corrected chi connectivity index (χ0v) is 16.0. The number of piperazine rings is 2. The molecule has 142 valence electrons. The predicted octanol–water partition coefficient (Wildman–Crippen LogP) is 0.530. The van der Waals surface area contributed by atoms with E-state index in [1.807, 2.05) is 28.0 Å². The lowest BCUT2D eigenvalue weighted by Crippen LogP contribution is -2.58. The number of amides is 2. The van der Waals surface area contributed by atoms with Gasteiger partial charge in [-0.1, -0.05) is 6.07 Å². The number of likely N-dealkylation sites (N-methyl/N-ethyl adjacent to an activating group) is 1. The van der Waals surface area contributed by atoms with Crippen LogP contribution in [0.25, 0.3) is 0 Å². The largest absolute Gasteiger partial charge is 0.353 e. The number of hydrogen-bond donors (Lipinski definition) is 0. The average molecular weight is 359 g/mol. The molecule has 26 heavy (non-hydrogen) atoms. The lowest BCUT2D eigenvalue weighted by molar-refractivity contribution is -0.155. The standard InChI is InChI=1S/C19H29N5O2/c1-19(2,17(25)23-10-8-21(3)9-11-23)18(26)24-14-12-22(13-15-24)16-6-4-5-7-20-16/h4-7H,8-15H2,1-3H3. The number of carbonyl (C=O) groups excluding carboxylic acids is 2. The summed E-state index contributed by atoms with van der Waals surface area (Å²) in [4.78, 5) is 38.4. The van der Waals surface area contributed by atoms with Gasteiger partial charge in [-0.25, -0.2) is 4.98 Å². The SMILES string of the molecule is CN1CCN(C(=O)C(C)(C)C(=O)N2CCN(c3ccccn3)CC2)CC1. The van der Waals surface area contributed by atoms with Crippen molar-refractivity contribution in [3.8, 4) is 0 Å². The van der Waals surface area contributed by atoms with E-state index >= 15 is 0 Å². The van der Waals surface area contributed by atoms with Crippen molar-refractivity contribution in [1.82, 2.24) is 19.7 Å². The van der Waals surface area contributed by atoms with E-state index in [0.29, 0.717) is 26.2 Å². The highest BCUT2D eigenvalue weighted by Gasteiger charge is 2.42. The third-order valence-electron chi connectivity index (χ3n) is 5.40. The lowest BCUT2D eigenvalue weighted by atomic mass is 9.89. The molecule has 0 N–H and O–H groups in total. The number of hydrogen-bond acceptors (Lipinski definition) is 5. The van der Waals surface area contributed by atoms with Crippen LogP contribution < -0.4 is 4.90 Å². The Morgan fingerprint density at radius 3 is 1.92 bits per heavy atom.